The fourth-order valence-corrected chi connectivity index (χ4v) is 3.89. The number of allylic oxidation sites excluding steroid dienone is 1. The van der Waals surface area contributed by atoms with Crippen LogP contribution >= 0.6 is 0 Å². The summed E-state index contributed by atoms with van der Waals surface area (Å²) in [4.78, 5) is 2.53. The quantitative estimate of drug-likeness (QED) is 0.688. The highest BCUT2D eigenvalue weighted by atomic mass is 16.3. The van der Waals surface area contributed by atoms with E-state index in [-0.39, 0.29) is 0 Å². The maximum Gasteiger partial charge on any atom is 0.102 e. The van der Waals surface area contributed by atoms with Gasteiger partial charge in [0.05, 0.1) is 0 Å². The molecule has 0 aromatic carbocycles. The minimum absolute atomic E-state index is 0.436. The smallest absolute Gasteiger partial charge is 0.102 e. The summed E-state index contributed by atoms with van der Waals surface area (Å²) in [6, 6.07) is 0.436. The van der Waals surface area contributed by atoms with Gasteiger partial charge in [-0.25, -0.2) is 0 Å². The van der Waals surface area contributed by atoms with Gasteiger partial charge < -0.3 is 5.11 Å². The fourth-order valence-electron chi connectivity index (χ4n) is 3.89. The standard InChI is InChI=1S/C14H23NO/c16-14(12-6-2-1-3-7-12)9-11-15-10-5-4-8-13(14)15/h6,13,16H,1-5,7-11H2. The van der Waals surface area contributed by atoms with E-state index in [1.54, 1.807) is 0 Å². The molecule has 2 aliphatic heterocycles. The van der Waals surface area contributed by atoms with Crippen LogP contribution in [0.2, 0.25) is 0 Å². The second-order valence-electron chi connectivity index (χ2n) is 5.70. The average molecular weight is 221 g/mol. The molecule has 2 heteroatoms. The van der Waals surface area contributed by atoms with E-state index >= 15 is 0 Å². The molecule has 90 valence electrons. The maximum absolute atomic E-state index is 11.0. The number of fused-ring (bicyclic) bond motifs is 1. The highest BCUT2D eigenvalue weighted by molar-refractivity contribution is 5.25. The van der Waals surface area contributed by atoms with E-state index in [9.17, 15) is 5.11 Å². The molecule has 2 unspecified atom stereocenters. The Bertz CT molecular complexity index is 299. The van der Waals surface area contributed by atoms with E-state index in [0.717, 1.165) is 19.4 Å². The van der Waals surface area contributed by atoms with Crippen molar-refractivity contribution in [1.82, 2.24) is 4.90 Å². The molecule has 0 bridgehead atoms. The highest BCUT2D eigenvalue weighted by Gasteiger charge is 2.48. The summed E-state index contributed by atoms with van der Waals surface area (Å²) in [5.74, 6) is 0. The summed E-state index contributed by atoms with van der Waals surface area (Å²) in [6.45, 7) is 2.32. The Morgan fingerprint density at radius 3 is 2.94 bits per heavy atom. The van der Waals surface area contributed by atoms with Crippen molar-refractivity contribution in [1.29, 1.82) is 0 Å². The van der Waals surface area contributed by atoms with Crippen molar-refractivity contribution in [2.75, 3.05) is 13.1 Å². The third-order valence-electron chi connectivity index (χ3n) is 4.79. The summed E-state index contributed by atoms with van der Waals surface area (Å²) in [7, 11) is 0. The number of piperidine rings is 1. The molecule has 1 aliphatic carbocycles. The number of aliphatic hydroxyl groups is 1. The third-order valence-corrected chi connectivity index (χ3v) is 4.79. The van der Waals surface area contributed by atoms with Gasteiger partial charge in [-0.3, -0.25) is 4.90 Å². The Labute approximate surface area is 98.3 Å². The first-order chi connectivity index (χ1) is 7.81. The van der Waals surface area contributed by atoms with Crippen LogP contribution in [0.1, 0.15) is 51.4 Å². The van der Waals surface area contributed by atoms with Gasteiger partial charge in [0.15, 0.2) is 0 Å². The van der Waals surface area contributed by atoms with Crippen LogP contribution in [0.5, 0.6) is 0 Å². The van der Waals surface area contributed by atoms with Gasteiger partial charge in [-0.1, -0.05) is 12.5 Å². The van der Waals surface area contributed by atoms with Gasteiger partial charge in [-0.15, -0.1) is 0 Å². The predicted octanol–water partition coefficient (Wildman–Crippen LogP) is 2.48. The van der Waals surface area contributed by atoms with Crippen LogP contribution in [-0.4, -0.2) is 34.7 Å². The fraction of sp³-hybridized carbons (Fsp3) is 0.857. The molecule has 1 N–H and O–H groups in total. The van der Waals surface area contributed by atoms with Crippen molar-refractivity contribution < 1.29 is 5.11 Å². The predicted molar refractivity (Wildman–Crippen MR) is 65.3 cm³/mol. The number of nitrogens with zero attached hydrogens (tertiary/aromatic N) is 1. The lowest BCUT2D eigenvalue weighted by molar-refractivity contribution is 0.0174. The highest BCUT2D eigenvalue weighted by Crippen LogP contribution is 2.42. The Hall–Kier alpha value is -0.340. The summed E-state index contributed by atoms with van der Waals surface area (Å²) < 4.78 is 0. The van der Waals surface area contributed by atoms with Crippen molar-refractivity contribution >= 4 is 0 Å². The lowest BCUT2D eigenvalue weighted by Crippen LogP contribution is -2.48. The molecule has 0 radical (unpaired) electrons. The zero-order valence-corrected chi connectivity index (χ0v) is 10.1. The maximum atomic E-state index is 11.0. The largest absolute Gasteiger partial charge is 0.384 e. The molecule has 2 heterocycles. The van der Waals surface area contributed by atoms with Crippen molar-refractivity contribution in [3.63, 3.8) is 0 Å². The molecule has 16 heavy (non-hydrogen) atoms. The zero-order chi connectivity index (χ0) is 11.0. The van der Waals surface area contributed by atoms with Gasteiger partial charge in [-0.05, 0) is 57.1 Å². The van der Waals surface area contributed by atoms with Crippen LogP contribution in [0.15, 0.2) is 11.6 Å². The Balaban J connectivity index is 1.83. The van der Waals surface area contributed by atoms with Gasteiger partial charge in [0.2, 0.25) is 0 Å². The van der Waals surface area contributed by atoms with Gasteiger partial charge in [-0.2, -0.15) is 0 Å². The molecule has 2 fully saturated rings. The summed E-state index contributed by atoms with van der Waals surface area (Å²) >= 11 is 0. The lowest BCUT2D eigenvalue weighted by atomic mass is 9.78. The van der Waals surface area contributed by atoms with E-state index in [1.165, 1.54) is 50.6 Å². The van der Waals surface area contributed by atoms with Crippen LogP contribution in [0, 0.1) is 0 Å². The zero-order valence-electron chi connectivity index (χ0n) is 10.1. The van der Waals surface area contributed by atoms with Crippen LogP contribution in [0.4, 0.5) is 0 Å². The summed E-state index contributed by atoms with van der Waals surface area (Å²) in [5, 5.41) is 11.0. The van der Waals surface area contributed by atoms with Gasteiger partial charge in [0.1, 0.15) is 5.60 Å². The monoisotopic (exact) mass is 221 g/mol. The number of hydrogen-bond acceptors (Lipinski definition) is 2. The van der Waals surface area contributed by atoms with Crippen LogP contribution in [-0.2, 0) is 0 Å². The molecule has 2 saturated heterocycles. The van der Waals surface area contributed by atoms with Crippen LogP contribution < -0.4 is 0 Å². The first-order valence-electron chi connectivity index (χ1n) is 6.97. The van der Waals surface area contributed by atoms with E-state index < -0.39 is 5.60 Å². The molecule has 3 rings (SSSR count). The SMILES string of the molecule is OC1(C2=CCCCC2)CCN2CCCCC21. The first-order valence-corrected chi connectivity index (χ1v) is 6.97. The van der Waals surface area contributed by atoms with Crippen molar-refractivity contribution in [2.45, 2.75) is 63.0 Å². The molecule has 0 aromatic rings. The van der Waals surface area contributed by atoms with Crippen molar-refractivity contribution in [3.8, 4) is 0 Å². The van der Waals surface area contributed by atoms with Gasteiger partial charge in [0.25, 0.3) is 0 Å². The number of hydrogen-bond donors (Lipinski definition) is 1. The minimum Gasteiger partial charge on any atom is -0.384 e. The second-order valence-corrected chi connectivity index (χ2v) is 5.70. The van der Waals surface area contributed by atoms with Crippen molar-refractivity contribution in [3.05, 3.63) is 11.6 Å². The van der Waals surface area contributed by atoms with Gasteiger partial charge >= 0.3 is 0 Å². The molecular formula is C14H23NO. The first kappa shape index (κ1) is 10.8. The molecule has 0 saturated carbocycles. The minimum atomic E-state index is -0.457. The number of rotatable bonds is 1. The Morgan fingerprint density at radius 2 is 2.12 bits per heavy atom. The second kappa shape index (κ2) is 4.15. The van der Waals surface area contributed by atoms with Crippen LogP contribution in [0.3, 0.4) is 0 Å². The summed E-state index contributed by atoms with van der Waals surface area (Å²) in [5.41, 5.74) is 0.911. The molecule has 2 nitrogen and oxygen atoms in total. The molecule has 0 spiro atoms. The normalized spacial score (nSPS) is 40.6. The van der Waals surface area contributed by atoms with Gasteiger partial charge in [0, 0.05) is 12.6 Å². The van der Waals surface area contributed by atoms with E-state index in [4.69, 9.17) is 0 Å². The molecule has 0 aromatic heterocycles. The molecular weight excluding hydrogens is 198 g/mol. The lowest BCUT2D eigenvalue weighted by Gasteiger charge is -2.39. The molecule has 3 aliphatic rings. The van der Waals surface area contributed by atoms with E-state index in [1.807, 2.05) is 0 Å². The molecule has 0 amide bonds. The Kier molecular flexibility index (Phi) is 2.80. The third kappa shape index (κ3) is 1.63. The molecule has 2 atom stereocenters. The van der Waals surface area contributed by atoms with Crippen LogP contribution in [0.25, 0.3) is 0 Å². The summed E-state index contributed by atoms with van der Waals surface area (Å²) in [6.07, 6.45) is 12.1. The topological polar surface area (TPSA) is 23.5 Å². The average Bonchev–Trinajstić information content (AvgIpc) is 2.71. The van der Waals surface area contributed by atoms with Crippen molar-refractivity contribution in [2.24, 2.45) is 0 Å². The van der Waals surface area contributed by atoms with E-state index in [2.05, 4.69) is 11.0 Å². The Morgan fingerprint density at radius 1 is 1.19 bits per heavy atom. The van der Waals surface area contributed by atoms with E-state index in [0.29, 0.717) is 6.04 Å².